The summed E-state index contributed by atoms with van der Waals surface area (Å²) in [6.07, 6.45) is 5.09. The number of nitriles is 1. The highest BCUT2D eigenvalue weighted by molar-refractivity contribution is 6.32. The van der Waals surface area contributed by atoms with Gasteiger partial charge in [0, 0.05) is 13.1 Å². The van der Waals surface area contributed by atoms with Gasteiger partial charge in [-0.05, 0) is 43.5 Å². The molecule has 132 valence electrons. The van der Waals surface area contributed by atoms with Crippen molar-refractivity contribution in [2.45, 2.75) is 19.8 Å². The lowest BCUT2D eigenvalue weighted by atomic mass is 10.1. The van der Waals surface area contributed by atoms with Crippen molar-refractivity contribution >= 4 is 23.6 Å². The van der Waals surface area contributed by atoms with Crippen molar-refractivity contribution in [3.05, 3.63) is 40.9 Å². The first-order valence-corrected chi connectivity index (χ1v) is 8.59. The molecule has 0 aliphatic carbocycles. The van der Waals surface area contributed by atoms with E-state index in [1.54, 1.807) is 23.1 Å². The summed E-state index contributed by atoms with van der Waals surface area (Å²) in [7, 11) is 0. The first-order valence-electron chi connectivity index (χ1n) is 8.21. The second-order valence-electron chi connectivity index (χ2n) is 5.53. The van der Waals surface area contributed by atoms with Crippen LogP contribution in [0.4, 0.5) is 0 Å². The molecule has 2 rings (SSSR count). The Kier molecular flexibility index (Phi) is 6.91. The van der Waals surface area contributed by atoms with Gasteiger partial charge in [-0.25, -0.2) is 0 Å². The van der Waals surface area contributed by atoms with Gasteiger partial charge in [0.15, 0.2) is 11.5 Å². The van der Waals surface area contributed by atoms with Crippen LogP contribution in [0.2, 0.25) is 5.02 Å². The van der Waals surface area contributed by atoms with Gasteiger partial charge in [-0.15, -0.1) is 0 Å². The average molecular weight is 361 g/mol. The SMILES string of the molecule is C=CCOc1c(Cl)cc(/C=C(\C#N)C(=O)N2CCCC2)cc1OCC. The average Bonchev–Trinajstić information content (AvgIpc) is 3.13. The second-order valence-corrected chi connectivity index (χ2v) is 5.94. The third kappa shape index (κ3) is 4.77. The Morgan fingerprint density at radius 3 is 2.72 bits per heavy atom. The van der Waals surface area contributed by atoms with Crippen LogP contribution in [0.3, 0.4) is 0 Å². The van der Waals surface area contributed by atoms with Crippen molar-refractivity contribution < 1.29 is 14.3 Å². The van der Waals surface area contributed by atoms with Crippen molar-refractivity contribution in [2.75, 3.05) is 26.3 Å². The Balaban J connectivity index is 2.35. The fourth-order valence-corrected chi connectivity index (χ4v) is 2.89. The van der Waals surface area contributed by atoms with E-state index in [1.165, 1.54) is 6.08 Å². The largest absolute Gasteiger partial charge is 0.490 e. The molecule has 25 heavy (non-hydrogen) atoms. The third-order valence-electron chi connectivity index (χ3n) is 3.73. The molecule has 0 radical (unpaired) electrons. The molecule has 1 aliphatic heterocycles. The smallest absolute Gasteiger partial charge is 0.264 e. The number of nitrogens with zero attached hydrogens (tertiary/aromatic N) is 2. The molecule has 1 heterocycles. The number of amides is 1. The first-order chi connectivity index (χ1) is 12.1. The third-order valence-corrected chi connectivity index (χ3v) is 4.01. The monoisotopic (exact) mass is 360 g/mol. The maximum absolute atomic E-state index is 12.4. The number of benzene rings is 1. The minimum atomic E-state index is -0.249. The molecule has 0 unspecified atom stereocenters. The summed E-state index contributed by atoms with van der Waals surface area (Å²) in [6.45, 7) is 7.58. The van der Waals surface area contributed by atoms with Gasteiger partial charge in [0.05, 0.1) is 11.6 Å². The zero-order chi connectivity index (χ0) is 18.2. The molecule has 1 aromatic carbocycles. The summed E-state index contributed by atoms with van der Waals surface area (Å²) in [5.41, 5.74) is 0.698. The molecule has 0 N–H and O–H groups in total. The summed E-state index contributed by atoms with van der Waals surface area (Å²) >= 11 is 6.29. The van der Waals surface area contributed by atoms with Crippen LogP contribution in [0, 0.1) is 11.3 Å². The lowest BCUT2D eigenvalue weighted by Gasteiger charge is -2.15. The van der Waals surface area contributed by atoms with Gasteiger partial charge in [-0.3, -0.25) is 4.79 Å². The molecular weight excluding hydrogens is 340 g/mol. The predicted molar refractivity (Wildman–Crippen MR) is 97.7 cm³/mol. The van der Waals surface area contributed by atoms with Crippen LogP contribution in [-0.4, -0.2) is 37.1 Å². The number of ether oxygens (including phenoxy) is 2. The van der Waals surface area contributed by atoms with E-state index >= 15 is 0 Å². The molecule has 0 saturated carbocycles. The van der Waals surface area contributed by atoms with Gasteiger partial charge >= 0.3 is 0 Å². The van der Waals surface area contributed by atoms with E-state index in [4.69, 9.17) is 21.1 Å². The molecule has 1 fully saturated rings. The quantitative estimate of drug-likeness (QED) is 0.421. The highest BCUT2D eigenvalue weighted by Gasteiger charge is 2.22. The van der Waals surface area contributed by atoms with E-state index in [1.807, 2.05) is 13.0 Å². The van der Waals surface area contributed by atoms with Crippen molar-refractivity contribution in [2.24, 2.45) is 0 Å². The predicted octanol–water partition coefficient (Wildman–Crippen LogP) is 3.83. The molecule has 1 aromatic rings. The second kappa shape index (κ2) is 9.14. The molecule has 0 aromatic heterocycles. The minimum Gasteiger partial charge on any atom is -0.490 e. The fraction of sp³-hybridized carbons (Fsp3) is 0.368. The van der Waals surface area contributed by atoms with E-state index in [9.17, 15) is 10.1 Å². The number of halogens is 1. The van der Waals surface area contributed by atoms with Crippen LogP contribution in [0.1, 0.15) is 25.3 Å². The number of likely N-dealkylation sites (tertiary alicyclic amines) is 1. The van der Waals surface area contributed by atoms with Crippen molar-refractivity contribution in [3.63, 3.8) is 0 Å². The van der Waals surface area contributed by atoms with Gasteiger partial charge in [-0.1, -0.05) is 24.3 Å². The van der Waals surface area contributed by atoms with E-state index < -0.39 is 0 Å². The molecule has 0 atom stereocenters. The van der Waals surface area contributed by atoms with Crippen LogP contribution >= 0.6 is 11.6 Å². The Morgan fingerprint density at radius 2 is 2.12 bits per heavy atom. The number of rotatable bonds is 7. The summed E-state index contributed by atoms with van der Waals surface area (Å²) in [5, 5.41) is 9.72. The molecule has 0 bridgehead atoms. The molecule has 1 aliphatic rings. The minimum absolute atomic E-state index is 0.0835. The maximum atomic E-state index is 12.4. The summed E-state index contributed by atoms with van der Waals surface area (Å²) in [6, 6.07) is 5.35. The molecule has 1 amide bonds. The standard InChI is InChI=1S/C19H21ClN2O3/c1-3-9-25-18-16(20)11-14(12-17(18)24-4-2)10-15(13-21)19(23)22-7-5-6-8-22/h3,10-12H,1,4-9H2,2H3/b15-10+. The molecule has 0 spiro atoms. The number of carbonyl (C=O) groups excluding carboxylic acids is 1. The Labute approximate surface area is 153 Å². The first kappa shape index (κ1) is 18.9. The summed E-state index contributed by atoms with van der Waals surface area (Å²) < 4.78 is 11.1. The highest BCUT2D eigenvalue weighted by atomic mass is 35.5. The fourth-order valence-electron chi connectivity index (χ4n) is 2.62. The summed E-state index contributed by atoms with van der Waals surface area (Å²) in [5.74, 6) is 0.639. The van der Waals surface area contributed by atoms with Crippen LogP contribution < -0.4 is 9.47 Å². The number of carbonyl (C=O) groups is 1. The van der Waals surface area contributed by atoms with Crippen LogP contribution in [-0.2, 0) is 4.79 Å². The Morgan fingerprint density at radius 1 is 1.40 bits per heavy atom. The highest BCUT2D eigenvalue weighted by Crippen LogP contribution is 2.37. The van der Waals surface area contributed by atoms with Gasteiger partial charge < -0.3 is 14.4 Å². The molecule has 6 heteroatoms. The molecule has 5 nitrogen and oxygen atoms in total. The zero-order valence-electron chi connectivity index (χ0n) is 14.3. The molecular formula is C19H21ClN2O3. The van der Waals surface area contributed by atoms with E-state index in [2.05, 4.69) is 6.58 Å². The molecule has 1 saturated heterocycles. The number of hydrogen-bond acceptors (Lipinski definition) is 4. The maximum Gasteiger partial charge on any atom is 0.264 e. The summed E-state index contributed by atoms with van der Waals surface area (Å²) in [4.78, 5) is 14.1. The lowest BCUT2D eigenvalue weighted by Crippen LogP contribution is -2.28. The van der Waals surface area contributed by atoms with Crippen LogP contribution in [0.15, 0.2) is 30.4 Å². The van der Waals surface area contributed by atoms with Crippen LogP contribution in [0.5, 0.6) is 11.5 Å². The van der Waals surface area contributed by atoms with Crippen molar-refractivity contribution in [3.8, 4) is 17.6 Å². The van der Waals surface area contributed by atoms with Gasteiger partial charge in [-0.2, -0.15) is 5.26 Å². The zero-order valence-corrected chi connectivity index (χ0v) is 15.0. The van der Waals surface area contributed by atoms with Gasteiger partial charge in [0.2, 0.25) is 0 Å². The van der Waals surface area contributed by atoms with Crippen LogP contribution in [0.25, 0.3) is 6.08 Å². The normalized spacial score (nSPS) is 14.1. The Hall–Kier alpha value is -2.45. The lowest BCUT2D eigenvalue weighted by molar-refractivity contribution is -0.125. The van der Waals surface area contributed by atoms with E-state index in [0.29, 0.717) is 48.4 Å². The van der Waals surface area contributed by atoms with Crippen molar-refractivity contribution in [1.82, 2.24) is 4.90 Å². The van der Waals surface area contributed by atoms with Gasteiger partial charge in [0.1, 0.15) is 18.2 Å². The van der Waals surface area contributed by atoms with E-state index in [0.717, 1.165) is 12.8 Å². The van der Waals surface area contributed by atoms with E-state index in [-0.39, 0.29) is 11.5 Å². The van der Waals surface area contributed by atoms with Crippen molar-refractivity contribution in [1.29, 1.82) is 5.26 Å². The van der Waals surface area contributed by atoms with Gasteiger partial charge in [0.25, 0.3) is 5.91 Å². The topological polar surface area (TPSA) is 62.6 Å². The Bertz CT molecular complexity index is 716. The number of hydrogen-bond donors (Lipinski definition) is 0.